The van der Waals surface area contributed by atoms with E-state index in [0.29, 0.717) is 6.42 Å². The third kappa shape index (κ3) is 8.29. The number of carbonyl (C=O) groups is 1. The van der Waals surface area contributed by atoms with E-state index in [-0.39, 0.29) is 0 Å². The van der Waals surface area contributed by atoms with E-state index < -0.39 is 11.7 Å². The first-order valence-electron chi connectivity index (χ1n) is 9.55. The molecule has 0 aromatic heterocycles. The monoisotopic (exact) mass is 325 g/mol. The molecule has 1 atom stereocenters. The van der Waals surface area contributed by atoms with Gasteiger partial charge < -0.3 is 15.2 Å². The van der Waals surface area contributed by atoms with Gasteiger partial charge in [-0.25, -0.2) is 4.79 Å². The van der Waals surface area contributed by atoms with E-state index in [0.717, 1.165) is 12.8 Å². The van der Waals surface area contributed by atoms with Crippen LogP contribution < -0.4 is 5.32 Å². The Morgan fingerprint density at radius 1 is 0.913 bits per heavy atom. The maximum atomic E-state index is 11.2. The van der Waals surface area contributed by atoms with Crippen LogP contribution in [-0.4, -0.2) is 16.8 Å². The van der Waals surface area contributed by atoms with Gasteiger partial charge in [0.1, 0.15) is 6.26 Å². The molecule has 0 fully saturated rings. The molecule has 1 rings (SSSR count). The topological polar surface area (TPSA) is 58.6 Å². The lowest BCUT2D eigenvalue weighted by Crippen LogP contribution is -2.48. The van der Waals surface area contributed by atoms with Crippen molar-refractivity contribution in [3.05, 3.63) is 12.5 Å². The van der Waals surface area contributed by atoms with Gasteiger partial charge in [0.15, 0.2) is 0 Å². The Balaban J connectivity index is 1.86. The van der Waals surface area contributed by atoms with Crippen molar-refractivity contribution in [3.63, 3.8) is 0 Å². The fourth-order valence-electron chi connectivity index (χ4n) is 3.09. The zero-order chi connectivity index (χ0) is 16.8. The molecule has 1 heterocycles. The fourth-order valence-corrected chi connectivity index (χ4v) is 3.09. The zero-order valence-electron chi connectivity index (χ0n) is 14.8. The highest BCUT2D eigenvalue weighted by molar-refractivity contribution is 5.77. The van der Waals surface area contributed by atoms with Gasteiger partial charge in [0, 0.05) is 12.6 Å². The molecule has 0 saturated heterocycles. The van der Waals surface area contributed by atoms with Crippen molar-refractivity contribution in [2.24, 2.45) is 0 Å². The van der Waals surface area contributed by atoms with Crippen molar-refractivity contribution in [1.82, 2.24) is 5.32 Å². The summed E-state index contributed by atoms with van der Waals surface area (Å²) in [6.07, 6.45) is 20.3. The van der Waals surface area contributed by atoms with Crippen molar-refractivity contribution in [3.8, 4) is 0 Å². The molecule has 1 aliphatic rings. The summed E-state index contributed by atoms with van der Waals surface area (Å²) in [5.74, 6) is -0.929. The Hall–Kier alpha value is -1.19. The zero-order valence-corrected chi connectivity index (χ0v) is 14.8. The molecule has 4 heteroatoms. The van der Waals surface area contributed by atoms with Crippen LogP contribution in [0.3, 0.4) is 0 Å². The first kappa shape index (κ1) is 19.9. The van der Waals surface area contributed by atoms with Crippen LogP contribution in [0.5, 0.6) is 0 Å². The lowest BCUT2D eigenvalue weighted by Gasteiger charge is -2.24. The summed E-state index contributed by atoms with van der Waals surface area (Å²) in [6.45, 7) is 2.26. The van der Waals surface area contributed by atoms with E-state index in [1.807, 2.05) is 0 Å². The average molecular weight is 325 g/mol. The minimum Gasteiger partial charge on any atom is -0.477 e. The van der Waals surface area contributed by atoms with Crippen molar-refractivity contribution >= 4 is 5.97 Å². The Morgan fingerprint density at radius 3 is 1.78 bits per heavy atom. The lowest BCUT2D eigenvalue weighted by atomic mass is 10.0. The highest BCUT2D eigenvalue weighted by Crippen LogP contribution is 2.22. The molecule has 4 nitrogen and oxygen atoms in total. The first-order valence-corrected chi connectivity index (χ1v) is 9.55. The van der Waals surface area contributed by atoms with E-state index in [1.165, 1.54) is 76.9 Å². The summed E-state index contributed by atoms with van der Waals surface area (Å²) < 4.78 is 5.22. The van der Waals surface area contributed by atoms with Crippen LogP contribution in [0, 0.1) is 0 Å². The molecule has 1 unspecified atom stereocenters. The van der Waals surface area contributed by atoms with Gasteiger partial charge in [-0.15, -0.1) is 0 Å². The molecule has 2 N–H and O–H groups in total. The minimum atomic E-state index is -1.21. The van der Waals surface area contributed by atoms with Crippen LogP contribution in [0.25, 0.3) is 0 Å². The number of nitrogens with one attached hydrogen (secondary N) is 1. The summed E-state index contributed by atoms with van der Waals surface area (Å²) in [7, 11) is 0. The van der Waals surface area contributed by atoms with Gasteiger partial charge in [0.2, 0.25) is 0 Å². The standard InChI is InChI=1S/C19H35NO3/c1-2-3-4-5-6-7-8-9-10-11-12-13-14-15-19(18(21)22)20-16-17-23-19/h16-17,20H,2-15H2,1H3,(H,21,22). The van der Waals surface area contributed by atoms with Crippen LogP contribution >= 0.6 is 0 Å². The molecule has 0 aromatic rings. The molecule has 0 aliphatic carbocycles. The van der Waals surface area contributed by atoms with Gasteiger partial charge in [0.25, 0.3) is 5.72 Å². The number of hydrogen-bond donors (Lipinski definition) is 2. The summed E-state index contributed by atoms with van der Waals surface area (Å²) in [4.78, 5) is 11.2. The van der Waals surface area contributed by atoms with E-state index in [1.54, 1.807) is 6.20 Å². The van der Waals surface area contributed by atoms with Crippen LogP contribution in [0.15, 0.2) is 12.5 Å². The van der Waals surface area contributed by atoms with Gasteiger partial charge >= 0.3 is 5.97 Å². The number of ether oxygens (including phenoxy) is 1. The van der Waals surface area contributed by atoms with E-state index in [2.05, 4.69) is 12.2 Å². The number of rotatable bonds is 15. The van der Waals surface area contributed by atoms with Crippen molar-refractivity contribution < 1.29 is 14.6 Å². The van der Waals surface area contributed by atoms with Gasteiger partial charge in [-0.1, -0.05) is 84.0 Å². The summed E-state index contributed by atoms with van der Waals surface area (Å²) >= 11 is 0. The maximum absolute atomic E-state index is 11.2. The Morgan fingerprint density at radius 2 is 1.39 bits per heavy atom. The van der Waals surface area contributed by atoms with E-state index >= 15 is 0 Å². The second-order valence-electron chi connectivity index (χ2n) is 6.69. The summed E-state index contributed by atoms with van der Waals surface area (Å²) in [5.41, 5.74) is -1.21. The third-order valence-corrected chi connectivity index (χ3v) is 4.63. The Kier molecular flexibility index (Phi) is 10.6. The molecule has 0 bridgehead atoms. The van der Waals surface area contributed by atoms with Gasteiger partial charge in [0.05, 0.1) is 0 Å². The highest BCUT2D eigenvalue weighted by atomic mass is 16.5. The lowest BCUT2D eigenvalue weighted by molar-refractivity contribution is -0.160. The van der Waals surface area contributed by atoms with Crippen LogP contribution in [0.4, 0.5) is 0 Å². The quantitative estimate of drug-likeness (QED) is 0.399. The molecule has 0 spiro atoms. The molecular weight excluding hydrogens is 290 g/mol. The second kappa shape index (κ2) is 12.3. The largest absolute Gasteiger partial charge is 0.477 e. The van der Waals surface area contributed by atoms with Gasteiger partial charge in [-0.3, -0.25) is 0 Å². The van der Waals surface area contributed by atoms with Crippen molar-refractivity contribution in [1.29, 1.82) is 0 Å². The van der Waals surface area contributed by atoms with Gasteiger partial charge in [-0.05, 0) is 6.42 Å². The molecule has 0 saturated carbocycles. The first-order chi connectivity index (χ1) is 11.2. The molecular formula is C19H35NO3. The number of aliphatic carboxylic acids is 1. The summed E-state index contributed by atoms with van der Waals surface area (Å²) in [5, 5.41) is 12.0. The second-order valence-corrected chi connectivity index (χ2v) is 6.69. The van der Waals surface area contributed by atoms with Crippen LogP contribution in [-0.2, 0) is 9.53 Å². The smallest absolute Gasteiger partial charge is 0.369 e. The van der Waals surface area contributed by atoms with E-state index in [4.69, 9.17) is 4.74 Å². The normalized spacial score (nSPS) is 19.5. The number of unbranched alkanes of at least 4 members (excludes halogenated alkanes) is 12. The van der Waals surface area contributed by atoms with Crippen molar-refractivity contribution in [2.45, 2.75) is 103 Å². The molecule has 1 aliphatic heterocycles. The molecule has 0 aromatic carbocycles. The Labute approximate surface area is 141 Å². The number of hydrogen-bond acceptors (Lipinski definition) is 3. The number of carboxylic acids is 1. The molecule has 23 heavy (non-hydrogen) atoms. The van der Waals surface area contributed by atoms with E-state index in [9.17, 15) is 9.90 Å². The predicted molar refractivity (Wildman–Crippen MR) is 94.0 cm³/mol. The number of carboxylic acid groups (broad SMARTS) is 1. The molecule has 134 valence electrons. The maximum Gasteiger partial charge on any atom is 0.369 e. The third-order valence-electron chi connectivity index (χ3n) is 4.63. The SMILES string of the molecule is CCCCCCCCCCCCCCCC1(C(=O)O)NC=CO1. The average Bonchev–Trinajstić information content (AvgIpc) is 3.02. The van der Waals surface area contributed by atoms with Gasteiger partial charge in [-0.2, -0.15) is 0 Å². The van der Waals surface area contributed by atoms with Crippen molar-refractivity contribution in [2.75, 3.05) is 0 Å². The fraction of sp³-hybridized carbons (Fsp3) is 0.842. The molecule has 0 amide bonds. The molecule has 0 radical (unpaired) electrons. The minimum absolute atomic E-state index is 0.521. The van der Waals surface area contributed by atoms with Crippen LogP contribution in [0.1, 0.15) is 96.8 Å². The summed E-state index contributed by atoms with van der Waals surface area (Å²) in [6, 6.07) is 0. The van der Waals surface area contributed by atoms with Crippen LogP contribution in [0.2, 0.25) is 0 Å². The highest BCUT2D eigenvalue weighted by Gasteiger charge is 2.40. The Bertz CT molecular complexity index is 334. The predicted octanol–water partition coefficient (Wildman–Crippen LogP) is 5.34.